The number of halogens is 1. The Morgan fingerprint density at radius 2 is 1.67 bits per heavy atom. The van der Waals surface area contributed by atoms with E-state index in [0.717, 1.165) is 5.56 Å². The molecule has 0 saturated heterocycles. The minimum absolute atomic E-state index is 0.361. The molecule has 0 aliphatic rings. The second-order valence-corrected chi connectivity index (χ2v) is 5.35. The summed E-state index contributed by atoms with van der Waals surface area (Å²) in [5, 5.41) is 5.49. The number of amides is 2. The van der Waals surface area contributed by atoms with Gasteiger partial charge in [-0.1, -0.05) is 17.7 Å². The van der Waals surface area contributed by atoms with Crippen molar-refractivity contribution in [3.8, 4) is 11.5 Å². The lowest BCUT2D eigenvalue weighted by molar-refractivity contribution is -0.133. The molecule has 0 aliphatic carbocycles. The molecule has 0 aliphatic heterocycles. The zero-order valence-corrected chi connectivity index (χ0v) is 14.2. The Morgan fingerprint density at radius 3 is 2.29 bits per heavy atom. The van der Waals surface area contributed by atoms with Crippen LogP contribution >= 0.6 is 11.6 Å². The number of carbonyl (C=O) groups is 2. The molecule has 2 aromatic carbocycles. The molecule has 0 atom stereocenters. The van der Waals surface area contributed by atoms with Crippen molar-refractivity contribution in [2.45, 2.75) is 6.92 Å². The maximum atomic E-state index is 12.0. The molecular formula is C17H17ClN2O4. The highest BCUT2D eigenvalue weighted by atomic mass is 35.5. The van der Waals surface area contributed by atoms with Gasteiger partial charge in [0.2, 0.25) is 0 Å². The minimum Gasteiger partial charge on any atom is -0.497 e. The predicted molar refractivity (Wildman–Crippen MR) is 93.0 cm³/mol. The number of carbonyl (C=O) groups excluding carboxylic acids is 2. The average Bonchev–Trinajstić information content (AvgIpc) is 2.58. The van der Waals surface area contributed by atoms with Crippen LogP contribution in [0.3, 0.4) is 0 Å². The SMILES string of the molecule is COc1ccc(NC(=O)C(=O)Nc2ccc(C)c(Cl)c2)c(OC)c1. The van der Waals surface area contributed by atoms with Crippen LogP contribution in [0, 0.1) is 6.92 Å². The van der Waals surface area contributed by atoms with Crippen molar-refractivity contribution in [3.63, 3.8) is 0 Å². The van der Waals surface area contributed by atoms with E-state index in [1.54, 1.807) is 36.4 Å². The number of ether oxygens (including phenoxy) is 2. The molecule has 2 rings (SSSR count). The van der Waals surface area contributed by atoms with Gasteiger partial charge in [0.25, 0.3) is 0 Å². The quantitative estimate of drug-likeness (QED) is 0.831. The van der Waals surface area contributed by atoms with Gasteiger partial charge in [0.15, 0.2) is 0 Å². The first-order chi connectivity index (χ1) is 11.4. The molecule has 2 N–H and O–H groups in total. The summed E-state index contributed by atoms with van der Waals surface area (Å²) in [7, 11) is 2.98. The van der Waals surface area contributed by atoms with Gasteiger partial charge in [-0.25, -0.2) is 0 Å². The fourth-order valence-corrected chi connectivity index (χ4v) is 2.12. The van der Waals surface area contributed by atoms with Crippen molar-refractivity contribution in [2.75, 3.05) is 24.9 Å². The van der Waals surface area contributed by atoms with Crippen LogP contribution in [-0.2, 0) is 9.59 Å². The van der Waals surface area contributed by atoms with Crippen molar-refractivity contribution >= 4 is 34.8 Å². The number of hydrogen-bond donors (Lipinski definition) is 2. The van der Waals surface area contributed by atoms with Crippen molar-refractivity contribution in [1.82, 2.24) is 0 Å². The summed E-state index contributed by atoms with van der Waals surface area (Å²) >= 11 is 5.99. The van der Waals surface area contributed by atoms with Gasteiger partial charge >= 0.3 is 11.8 Å². The monoisotopic (exact) mass is 348 g/mol. The van der Waals surface area contributed by atoms with Gasteiger partial charge in [-0.15, -0.1) is 0 Å². The van der Waals surface area contributed by atoms with E-state index < -0.39 is 11.8 Å². The molecule has 6 nitrogen and oxygen atoms in total. The van der Waals surface area contributed by atoms with E-state index in [0.29, 0.717) is 27.9 Å². The molecular weight excluding hydrogens is 332 g/mol. The molecule has 2 aromatic rings. The molecule has 0 aromatic heterocycles. The normalized spacial score (nSPS) is 10.0. The van der Waals surface area contributed by atoms with Gasteiger partial charge in [-0.3, -0.25) is 9.59 Å². The second-order valence-electron chi connectivity index (χ2n) is 4.94. The Kier molecular flexibility index (Phi) is 5.65. The summed E-state index contributed by atoms with van der Waals surface area (Å²) in [6.45, 7) is 1.84. The van der Waals surface area contributed by atoms with Crippen LogP contribution in [0.4, 0.5) is 11.4 Å². The first-order valence-electron chi connectivity index (χ1n) is 7.05. The van der Waals surface area contributed by atoms with Crippen LogP contribution < -0.4 is 20.1 Å². The van der Waals surface area contributed by atoms with Gasteiger partial charge in [-0.05, 0) is 36.8 Å². The highest BCUT2D eigenvalue weighted by Gasteiger charge is 2.16. The maximum Gasteiger partial charge on any atom is 0.314 e. The fourth-order valence-electron chi connectivity index (χ4n) is 1.94. The third-order valence-electron chi connectivity index (χ3n) is 3.29. The van der Waals surface area contributed by atoms with Gasteiger partial charge in [0.1, 0.15) is 11.5 Å². The molecule has 24 heavy (non-hydrogen) atoms. The van der Waals surface area contributed by atoms with Crippen LogP contribution in [0.2, 0.25) is 5.02 Å². The van der Waals surface area contributed by atoms with Crippen LogP contribution in [-0.4, -0.2) is 26.0 Å². The smallest absolute Gasteiger partial charge is 0.314 e. The first kappa shape index (κ1) is 17.6. The number of anilines is 2. The summed E-state index contributed by atoms with van der Waals surface area (Å²) in [6.07, 6.45) is 0. The van der Waals surface area contributed by atoms with Crippen LogP contribution in [0.5, 0.6) is 11.5 Å². The van der Waals surface area contributed by atoms with Crippen LogP contribution in [0.15, 0.2) is 36.4 Å². The Bertz CT molecular complexity index is 777. The maximum absolute atomic E-state index is 12.0. The molecule has 2 amide bonds. The van der Waals surface area contributed by atoms with E-state index in [1.807, 2.05) is 6.92 Å². The van der Waals surface area contributed by atoms with E-state index in [9.17, 15) is 9.59 Å². The van der Waals surface area contributed by atoms with Crippen molar-refractivity contribution in [2.24, 2.45) is 0 Å². The Hall–Kier alpha value is -2.73. The largest absolute Gasteiger partial charge is 0.497 e. The standard InChI is InChI=1S/C17H17ClN2O4/c1-10-4-5-11(8-13(10)18)19-16(21)17(22)20-14-7-6-12(23-2)9-15(14)24-3/h4-9H,1-3H3,(H,19,21)(H,20,22). The van der Waals surface area contributed by atoms with Gasteiger partial charge in [0, 0.05) is 16.8 Å². The van der Waals surface area contributed by atoms with E-state index in [-0.39, 0.29) is 0 Å². The van der Waals surface area contributed by atoms with E-state index >= 15 is 0 Å². The first-order valence-corrected chi connectivity index (χ1v) is 7.43. The number of benzene rings is 2. The lowest BCUT2D eigenvalue weighted by Crippen LogP contribution is -2.29. The lowest BCUT2D eigenvalue weighted by Gasteiger charge is -2.12. The molecule has 0 fully saturated rings. The van der Waals surface area contributed by atoms with E-state index in [1.165, 1.54) is 14.2 Å². The third-order valence-corrected chi connectivity index (χ3v) is 3.70. The number of rotatable bonds is 4. The highest BCUT2D eigenvalue weighted by Crippen LogP contribution is 2.29. The fraction of sp³-hybridized carbons (Fsp3) is 0.176. The van der Waals surface area contributed by atoms with Crippen molar-refractivity contribution in [3.05, 3.63) is 47.0 Å². The summed E-state index contributed by atoms with van der Waals surface area (Å²) in [5.41, 5.74) is 1.68. The molecule has 7 heteroatoms. The molecule has 0 bridgehead atoms. The summed E-state index contributed by atoms with van der Waals surface area (Å²) in [5.74, 6) is -0.680. The van der Waals surface area contributed by atoms with E-state index in [2.05, 4.69) is 10.6 Å². The molecule has 0 saturated carbocycles. The number of aryl methyl sites for hydroxylation is 1. The molecule has 0 radical (unpaired) electrons. The van der Waals surface area contributed by atoms with Gasteiger partial charge in [-0.2, -0.15) is 0 Å². The summed E-state index contributed by atoms with van der Waals surface area (Å²) in [6, 6.07) is 9.84. The topological polar surface area (TPSA) is 76.7 Å². The molecule has 126 valence electrons. The van der Waals surface area contributed by atoms with Crippen molar-refractivity contribution < 1.29 is 19.1 Å². The lowest BCUT2D eigenvalue weighted by atomic mass is 10.2. The molecule has 0 heterocycles. The molecule has 0 spiro atoms. The Labute approximate surface area is 144 Å². The summed E-state index contributed by atoms with van der Waals surface area (Å²) in [4.78, 5) is 24.1. The number of hydrogen-bond acceptors (Lipinski definition) is 4. The summed E-state index contributed by atoms with van der Waals surface area (Å²) < 4.78 is 10.3. The second kappa shape index (κ2) is 7.70. The highest BCUT2D eigenvalue weighted by molar-refractivity contribution is 6.44. The average molecular weight is 349 g/mol. The minimum atomic E-state index is -0.824. The number of nitrogens with one attached hydrogen (secondary N) is 2. The Morgan fingerprint density at radius 1 is 0.958 bits per heavy atom. The van der Waals surface area contributed by atoms with Crippen molar-refractivity contribution in [1.29, 1.82) is 0 Å². The third kappa shape index (κ3) is 4.17. The predicted octanol–water partition coefficient (Wildman–Crippen LogP) is 3.24. The zero-order chi connectivity index (χ0) is 17.7. The van der Waals surface area contributed by atoms with E-state index in [4.69, 9.17) is 21.1 Å². The zero-order valence-electron chi connectivity index (χ0n) is 13.5. The van der Waals surface area contributed by atoms with Gasteiger partial charge in [0.05, 0.1) is 19.9 Å². The van der Waals surface area contributed by atoms with Crippen LogP contribution in [0.25, 0.3) is 0 Å². The van der Waals surface area contributed by atoms with Gasteiger partial charge < -0.3 is 20.1 Å². The number of methoxy groups -OCH3 is 2. The molecule has 0 unspecified atom stereocenters. The van der Waals surface area contributed by atoms with Crippen LogP contribution in [0.1, 0.15) is 5.56 Å². The Balaban J connectivity index is 2.08.